The number of rotatable bonds is 3. The minimum Gasteiger partial charge on any atom is -0.324 e. The van der Waals surface area contributed by atoms with Crippen molar-refractivity contribution in [3.8, 4) is 0 Å². The molecule has 0 aliphatic carbocycles. The van der Waals surface area contributed by atoms with Crippen LogP contribution < -0.4 is 11.1 Å². The van der Waals surface area contributed by atoms with Crippen LogP contribution in [0.3, 0.4) is 0 Å². The molecule has 100 valence electrons. The number of nitrogens with zero attached hydrogens (tertiary/aromatic N) is 1. The molecule has 1 fully saturated rings. The summed E-state index contributed by atoms with van der Waals surface area (Å²) >= 11 is 0. The SMILES string of the molecule is CN1CCNC(CC(N)c2ccc(F)c(F)c2)C1. The second kappa shape index (κ2) is 5.73. The van der Waals surface area contributed by atoms with E-state index in [0.717, 1.165) is 32.1 Å². The molecule has 0 radical (unpaired) electrons. The van der Waals surface area contributed by atoms with Crippen molar-refractivity contribution in [3.63, 3.8) is 0 Å². The molecule has 2 rings (SSSR count). The normalized spacial score (nSPS) is 23.0. The van der Waals surface area contributed by atoms with Gasteiger partial charge in [0, 0.05) is 31.7 Å². The Hall–Kier alpha value is -1.04. The average Bonchev–Trinajstić information content (AvgIpc) is 2.32. The highest BCUT2D eigenvalue weighted by Crippen LogP contribution is 2.19. The Morgan fingerprint density at radius 2 is 2.22 bits per heavy atom. The Kier molecular flexibility index (Phi) is 4.27. The van der Waals surface area contributed by atoms with Crippen LogP contribution in [0.2, 0.25) is 0 Å². The van der Waals surface area contributed by atoms with E-state index in [1.807, 2.05) is 0 Å². The zero-order valence-corrected chi connectivity index (χ0v) is 10.5. The van der Waals surface area contributed by atoms with Gasteiger partial charge in [-0.15, -0.1) is 0 Å². The average molecular weight is 255 g/mol. The summed E-state index contributed by atoms with van der Waals surface area (Å²) in [5.74, 6) is -1.67. The van der Waals surface area contributed by atoms with E-state index in [9.17, 15) is 8.78 Å². The third-order valence-electron chi connectivity index (χ3n) is 3.37. The van der Waals surface area contributed by atoms with Crippen molar-refractivity contribution < 1.29 is 8.78 Å². The lowest BCUT2D eigenvalue weighted by molar-refractivity contribution is 0.225. The van der Waals surface area contributed by atoms with Gasteiger partial charge in [-0.1, -0.05) is 6.07 Å². The van der Waals surface area contributed by atoms with Gasteiger partial charge in [0.15, 0.2) is 11.6 Å². The predicted molar refractivity (Wildman–Crippen MR) is 67.2 cm³/mol. The first kappa shape index (κ1) is 13.4. The summed E-state index contributed by atoms with van der Waals surface area (Å²) in [4.78, 5) is 2.24. The van der Waals surface area contributed by atoms with Crippen LogP contribution in [0.1, 0.15) is 18.0 Å². The Bertz CT molecular complexity index is 411. The third-order valence-corrected chi connectivity index (χ3v) is 3.37. The Balaban J connectivity index is 1.98. The molecular formula is C13H19F2N3. The van der Waals surface area contributed by atoms with Gasteiger partial charge in [-0.25, -0.2) is 8.78 Å². The largest absolute Gasteiger partial charge is 0.324 e. The van der Waals surface area contributed by atoms with Gasteiger partial charge in [-0.05, 0) is 31.2 Å². The van der Waals surface area contributed by atoms with Crippen LogP contribution in [0.5, 0.6) is 0 Å². The summed E-state index contributed by atoms with van der Waals surface area (Å²) in [6.45, 7) is 2.89. The number of likely N-dealkylation sites (N-methyl/N-ethyl adjacent to an activating group) is 1. The monoisotopic (exact) mass is 255 g/mol. The number of hydrogen-bond donors (Lipinski definition) is 2. The van der Waals surface area contributed by atoms with E-state index >= 15 is 0 Å². The molecule has 1 aromatic carbocycles. The predicted octanol–water partition coefficient (Wildman–Crippen LogP) is 1.26. The van der Waals surface area contributed by atoms with Crippen LogP contribution in [-0.4, -0.2) is 37.6 Å². The zero-order valence-electron chi connectivity index (χ0n) is 10.5. The van der Waals surface area contributed by atoms with Gasteiger partial charge in [0.1, 0.15) is 0 Å². The lowest BCUT2D eigenvalue weighted by Crippen LogP contribution is -2.49. The summed E-state index contributed by atoms with van der Waals surface area (Å²) < 4.78 is 26.0. The van der Waals surface area contributed by atoms with E-state index in [0.29, 0.717) is 11.6 Å². The summed E-state index contributed by atoms with van der Waals surface area (Å²) in [6, 6.07) is 3.89. The van der Waals surface area contributed by atoms with Crippen LogP contribution in [0.4, 0.5) is 8.78 Å². The summed E-state index contributed by atoms with van der Waals surface area (Å²) in [7, 11) is 2.07. The molecule has 0 amide bonds. The Morgan fingerprint density at radius 3 is 2.89 bits per heavy atom. The highest BCUT2D eigenvalue weighted by molar-refractivity contribution is 5.21. The van der Waals surface area contributed by atoms with Gasteiger partial charge in [-0.2, -0.15) is 0 Å². The second-order valence-electron chi connectivity index (χ2n) is 4.93. The number of nitrogens with two attached hydrogens (primary N) is 1. The molecule has 1 saturated heterocycles. The summed E-state index contributed by atoms with van der Waals surface area (Å²) in [6.07, 6.45) is 0.718. The van der Waals surface area contributed by atoms with Gasteiger partial charge in [0.25, 0.3) is 0 Å². The fourth-order valence-corrected chi connectivity index (χ4v) is 2.34. The van der Waals surface area contributed by atoms with Gasteiger partial charge in [0.05, 0.1) is 0 Å². The molecule has 1 aromatic rings. The van der Waals surface area contributed by atoms with Crippen molar-refractivity contribution in [2.24, 2.45) is 5.73 Å². The van der Waals surface area contributed by atoms with Gasteiger partial charge >= 0.3 is 0 Å². The molecule has 0 spiro atoms. The van der Waals surface area contributed by atoms with Crippen LogP contribution in [0.15, 0.2) is 18.2 Å². The minimum atomic E-state index is -0.836. The first-order chi connectivity index (χ1) is 8.56. The van der Waals surface area contributed by atoms with Crippen molar-refractivity contribution in [1.29, 1.82) is 0 Å². The number of nitrogens with one attached hydrogen (secondary N) is 1. The first-order valence-corrected chi connectivity index (χ1v) is 6.18. The number of hydrogen-bond acceptors (Lipinski definition) is 3. The van der Waals surface area contributed by atoms with Crippen LogP contribution in [0.25, 0.3) is 0 Å². The van der Waals surface area contributed by atoms with Crippen LogP contribution >= 0.6 is 0 Å². The second-order valence-corrected chi connectivity index (χ2v) is 4.93. The summed E-state index contributed by atoms with van der Waals surface area (Å²) in [5, 5.41) is 3.39. The van der Waals surface area contributed by atoms with E-state index in [2.05, 4.69) is 17.3 Å². The van der Waals surface area contributed by atoms with Crippen molar-refractivity contribution in [3.05, 3.63) is 35.4 Å². The lowest BCUT2D eigenvalue weighted by Gasteiger charge is -2.32. The van der Waals surface area contributed by atoms with Crippen LogP contribution in [-0.2, 0) is 0 Å². The van der Waals surface area contributed by atoms with Crippen molar-refractivity contribution in [2.45, 2.75) is 18.5 Å². The molecule has 3 nitrogen and oxygen atoms in total. The van der Waals surface area contributed by atoms with Gasteiger partial charge in [0.2, 0.25) is 0 Å². The molecule has 0 saturated carbocycles. The first-order valence-electron chi connectivity index (χ1n) is 6.18. The van der Waals surface area contributed by atoms with Crippen LogP contribution in [0, 0.1) is 11.6 Å². The van der Waals surface area contributed by atoms with E-state index < -0.39 is 11.6 Å². The van der Waals surface area contributed by atoms with E-state index in [-0.39, 0.29) is 6.04 Å². The Labute approximate surface area is 106 Å². The third kappa shape index (κ3) is 3.25. The highest BCUT2D eigenvalue weighted by Gasteiger charge is 2.20. The zero-order chi connectivity index (χ0) is 13.1. The maximum Gasteiger partial charge on any atom is 0.159 e. The standard InChI is InChI=1S/C13H19F2N3/c1-18-5-4-17-10(8-18)7-13(16)9-2-3-11(14)12(15)6-9/h2-3,6,10,13,17H,4-5,7-8,16H2,1H3. The molecular weight excluding hydrogens is 236 g/mol. The smallest absolute Gasteiger partial charge is 0.159 e. The van der Waals surface area contributed by atoms with Crippen molar-refractivity contribution in [2.75, 3.05) is 26.7 Å². The number of halogens is 2. The summed E-state index contributed by atoms with van der Waals surface area (Å²) in [5.41, 5.74) is 6.69. The number of piperazine rings is 1. The molecule has 1 heterocycles. The molecule has 5 heteroatoms. The topological polar surface area (TPSA) is 41.3 Å². The minimum absolute atomic E-state index is 0.274. The van der Waals surface area contributed by atoms with E-state index in [1.165, 1.54) is 6.07 Å². The molecule has 1 aliphatic heterocycles. The quantitative estimate of drug-likeness (QED) is 0.854. The van der Waals surface area contributed by atoms with Gasteiger partial charge in [-0.3, -0.25) is 0 Å². The molecule has 18 heavy (non-hydrogen) atoms. The Morgan fingerprint density at radius 1 is 1.44 bits per heavy atom. The molecule has 1 aliphatic rings. The van der Waals surface area contributed by atoms with E-state index in [4.69, 9.17) is 5.73 Å². The van der Waals surface area contributed by atoms with Crippen molar-refractivity contribution in [1.82, 2.24) is 10.2 Å². The maximum absolute atomic E-state index is 13.1. The molecule has 0 bridgehead atoms. The molecule has 0 aromatic heterocycles. The highest BCUT2D eigenvalue weighted by atomic mass is 19.2. The van der Waals surface area contributed by atoms with Crippen molar-refractivity contribution >= 4 is 0 Å². The van der Waals surface area contributed by atoms with E-state index in [1.54, 1.807) is 6.07 Å². The fourth-order valence-electron chi connectivity index (χ4n) is 2.34. The van der Waals surface area contributed by atoms with Gasteiger partial charge < -0.3 is 16.0 Å². The molecule has 2 unspecified atom stereocenters. The lowest BCUT2D eigenvalue weighted by atomic mass is 9.99. The molecule has 2 atom stereocenters. The maximum atomic E-state index is 13.1. The molecule has 3 N–H and O–H groups in total. The number of benzene rings is 1. The fraction of sp³-hybridized carbons (Fsp3) is 0.538.